The molecule has 0 fully saturated rings. The number of nitriles is 3. The molecule has 1 heterocycles. The maximum absolute atomic E-state index is 10.5. The molecule has 234 valence electrons. The highest BCUT2D eigenvalue weighted by molar-refractivity contribution is 6.22. The summed E-state index contributed by atoms with van der Waals surface area (Å²) >= 11 is 0. The van der Waals surface area contributed by atoms with Crippen LogP contribution < -0.4 is 0 Å². The summed E-state index contributed by atoms with van der Waals surface area (Å²) in [6.07, 6.45) is 0. The van der Waals surface area contributed by atoms with Gasteiger partial charge in [0.2, 0.25) is 0 Å². The topological polar surface area (TPSA) is 76.3 Å². The molecule has 0 unspecified atom stereocenters. The molecule has 0 atom stereocenters. The molecule has 0 amide bonds. The average Bonchev–Trinajstić information content (AvgIpc) is 3.53. The summed E-state index contributed by atoms with van der Waals surface area (Å²) in [5.74, 6) is 0. The second kappa shape index (κ2) is 11.9. The van der Waals surface area contributed by atoms with Gasteiger partial charge < -0.3 is 4.57 Å². The molecule has 0 aliphatic carbocycles. The molecule has 0 saturated heterocycles. The Balaban J connectivity index is 1.26. The number of rotatable bonds is 4. The SMILES string of the molecule is N#Cc1ccc2c(c1)c1ccccc1n2-c1ccc(-c2cc(-c3c4ccccc4c(-c4ccccc4)c4ccccc34)c(C#N)cc2C#N)cc1. The molecule has 0 saturated carbocycles. The van der Waals surface area contributed by atoms with E-state index in [1.54, 1.807) is 6.07 Å². The lowest BCUT2D eigenvalue weighted by Gasteiger charge is -2.19. The van der Waals surface area contributed by atoms with Gasteiger partial charge in [-0.15, -0.1) is 0 Å². The molecule has 0 bridgehead atoms. The van der Waals surface area contributed by atoms with Crippen molar-refractivity contribution in [2.24, 2.45) is 0 Å². The van der Waals surface area contributed by atoms with Crippen LogP contribution in [-0.4, -0.2) is 4.57 Å². The van der Waals surface area contributed by atoms with Gasteiger partial charge >= 0.3 is 0 Å². The van der Waals surface area contributed by atoms with Gasteiger partial charge in [-0.05, 0) is 92.3 Å². The smallest absolute Gasteiger partial charge is 0.0998 e. The third kappa shape index (κ3) is 4.66. The van der Waals surface area contributed by atoms with Crippen molar-refractivity contribution >= 4 is 43.4 Å². The number of fused-ring (bicyclic) bond motifs is 5. The van der Waals surface area contributed by atoms with Crippen LogP contribution in [0.5, 0.6) is 0 Å². The van der Waals surface area contributed by atoms with E-state index in [0.717, 1.165) is 82.4 Å². The lowest BCUT2D eigenvalue weighted by atomic mass is 9.83. The molecule has 0 aliphatic rings. The Labute approximate surface area is 294 Å². The van der Waals surface area contributed by atoms with Gasteiger partial charge in [-0.1, -0.05) is 109 Å². The van der Waals surface area contributed by atoms with Crippen molar-refractivity contribution in [2.75, 3.05) is 0 Å². The van der Waals surface area contributed by atoms with E-state index < -0.39 is 0 Å². The van der Waals surface area contributed by atoms with Crippen LogP contribution in [0.15, 0.2) is 158 Å². The third-order valence-electron chi connectivity index (χ3n) is 9.90. The van der Waals surface area contributed by atoms with Crippen molar-refractivity contribution in [1.29, 1.82) is 15.8 Å². The zero-order valence-corrected chi connectivity index (χ0v) is 27.3. The molecule has 0 radical (unpaired) electrons. The van der Waals surface area contributed by atoms with Gasteiger partial charge in [-0.2, -0.15) is 15.8 Å². The number of nitrogens with zero attached hydrogens (tertiary/aromatic N) is 4. The lowest BCUT2D eigenvalue weighted by Crippen LogP contribution is -1.96. The van der Waals surface area contributed by atoms with Crippen LogP contribution in [0.25, 0.3) is 82.4 Å². The molecule has 0 aliphatic heterocycles. The van der Waals surface area contributed by atoms with Crippen LogP contribution in [0.3, 0.4) is 0 Å². The first kappa shape index (κ1) is 29.7. The van der Waals surface area contributed by atoms with E-state index in [0.29, 0.717) is 16.7 Å². The second-order valence-electron chi connectivity index (χ2n) is 12.6. The van der Waals surface area contributed by atoms with Crippen LogP contribution in [-0.2, 0) is 0 Å². The predicted molar refractivity (Wildman–Crippen MR) is 206 cm³/mol. The molecule has 4 heteroatoms. The third-order valence-corrected chi connectivity index (χ3v) is 9.90. The van der Waals surface area contributed by atoms with Gasteiger partial charge in [-0.25, -0.2) is 0 Å². The summed E-state index contributed by atoms with van der Waals surface area (Å²) in [6.45, 7) is 0. The van der Waals surface area contributed by atoms with Crippen molar-refractivity contribution in [3.8, 4) is 57.3 Å². The Morgan fingerprint density at radius 3 is 1.55 bits per heavy atom. The largest absolute Gasteiger partial charge is 0.309 e. The van der Waals surface area contributed by atoms with Crippen LogP contribution in [0.4, 0.5) is 0 Å². The molecule has 1 aromatic heterocycles. The van der Waals surface area contributed by atoms with E-state index in [1.807, 2.05) is 66.7 Å². The van der Waals surface area contributed by atoms with Crippen molar-refractivity contribution in [3.05, 3.63) is 174 Å². The number of benzene rings is 8. The summed E-state index contributed by atoms with van der Waals surface area (Å²) in [4.78, 5) is 0. The summed E-state index contributed by atoms with van der Waals surface area (Å²) in [6, 6.07) is 60.2. The quantitative estimate of drug-likeness (QED) is 0.179. The Bertz CT molecular complexity index is 2930. The maximum Gasteiger partial charge on any atom is 0.0998 e. The average molecular weight is 647 g/mol. The fourth-order valence-corrected chi connectivity index (χ4v) is 7.68. The molecule has 8 aromatic carbocycles. The minimum absolute atomic E-state index is 0.443. The highest BCUT2D eigenvalue weighted by Crippen LogP contribution is 2.45. The summed E-state index contributed by atoms with van der Waals surface area (Å²) < 4.78 is 2.21. The summed E-state index contributed by atoms with van der Waals surface area (Å²) in [5, 5.41) is 36.8. The molecule has 51 heavy (non-hydrogen) atoms. The van der Waals surface area contributed by atoms with E-state index in [9.17, 15) is 15.8 Å². The molecule has 9 aromatic rings. The molecular weight excluding hydrogens is 621 g/mol. The van der Waals surface area contributed by atoms with E-state index in [1.165, 1.54) is 0 Å². The fraction of sp³-hybridized carbons (Fsp3) is 0. The highest BCUT2D eigenvalue weighted by atomic mass is 15.0. The van der Waals surface area contributed by atoms with E-state index >= 15 is 0 Å². The highest BCUT2D eigenvalue weighted by Gasteiger charge is 2.21. The minimum atomic E-state index is 0.443. The number of aromatic nitrogens is 1. The minimum Gasteiger partial charge on any atom is -0.309 e. The van der Waals surface area contributed by atoms with Crippen molar-refractivity contribution < 1.29 is 0 Å². The number of para-hydroxylation sites is 1. The normalized spacial score (nSPS) is 11.1. The number of hydrogen-bond acceptors (Lipinski definition) is 3. The van der Waals surface area contributed by atoms with Gasteiger partial charge in [0.1, 0.15) is 0 Å². The maximum atomic E-state index is 10.5. The monoisotopic (exact) mass is 646 g/mol. The van der Waals surface area contributed by atoms with Gasteiger partial charge in [0.05, 0.1) is 45.9 Å². The summed E-state index contributed by atoms with van der Waals surface area (Å²) in [5.41, 5.74) is 10.2. The zero-order valence-electron chi connectivity index (χ0n) is 27.3. The Kier molecular flexibility index (Phi) is 6.93. The first-order chi connectivity index (χ1) is 25.2. The fourth-order valence-electron chi connectivity index (χ4n) is 7.68. The van der Waals surface area contributed by atoms with E-state index in [4.69, 9.17) is 0 Å². The molecule has 4 nitrogen and oxygen atoms in total. The number of hydrogen-bond donors (Lipinski definition) is 0. The van der Waals surface area contributed by atoms with Crippen LogP contribution in [0.1, 0.15) is 16.7 Å². The van der Waals surface area contributed by atoms with Gasteiger partial charge in [0.15, 0.2) is 0 Å². The van der Waals surface area contributed by atoms with Gasteiger partial charge in [0.25, 0.3) is 0 Å². The van der Waals surface area contributed by atoms with Crippen LogP contribution >= 0.6 is 0 Å². The van der Waals surface area contributed by atoms with Crippen LogP contribution in [0.2, 0.25) is 0 Å². The van der Waals surface area contributed by atoms with Crippen molar-refractivity contribution in [2.45, 2.75) is 0 Å². The Hall–Kier alpha value is -7.45. The molecule has 0 N–H and O–H groups in total. The first-order valence-electron chi connectivity index (χ1n) is 16.7. The van der Waals surface area contributed by atoms with Crippen molar-refractivity contribution in [3.63, 3.8) is 0 Å². The lowest BCUT2D eigenvalue weighted by molar-refractivity contribution is 1.18. The zero-order chi connectivity index (χ0) is 34.5. The molecule has 0 spiro atoms. The summed E-state index contributed by atoms with van der Waals surface area (Å²) in [7, 11) is 0. The standard InChI is InChI=1S/C47H26N4/c48-27-30-18-23-45-43(24-30)36-12-8-9-17-44(36)51(45)35-21-19-31(20-22-35)41-26-42(34(29-50)25-33(41)28-49)47-39-15-6-4-13-37(39)46(32-10-2-1-3-11-32)38-14-5-7-16-40(38)47/h1-26H. The Morgan fingerprint density at radius 2 is 0.922 bits per heavy atom. The molecule has 9 rings (SSSR count). The van der Waals surface area contributed by atoms with Gasteiger partial charge in [0, 0.05) is 27.6 Å². The second-order valence-corrected chi connectivity index (χ2v) is 12.6. The van der Waals surface area contributed by atoms with Gasteiger partial charge in [-0.3, -0.25) is 0 Å². The Morgan fingerprint density at radius 1 is 0.373 bits per heavy atom. The van der Waals surface area contributed by atoms with E-state index in [-0.39, 0.29) is 0 Å². The van der Waals surface area contributed by atoms with Crippen LogP contribution in [0, 0.1) is 34.0 Å². The van der Waals surface area contributed by atoms with Crippen molar-refractivity contribution in [1.82, 2.24) is 4.57 Å². The molecular formula is C47H26N4. The first-order valence-corrected chi connectivity index (χ1v) is 16.7. The van der Waals surface area contributed by atoms with E-state index in [2.05, 4.69) is 108 Å². The predicted octanol–water partition coefficient (Wildman–Crippen LogP) is 11.7.